The van der Waals surface area contributed by atoms with Gasteiger partial charge in [0.25, 0.3) is 5.92 Å². The second-order valence-corrected chi connectivity index (χ2v) is 1.96. The molecular formula is C5H6F3. The molecule has 1 atom stereocenters. The first-order valence-corrected chi connectivity index (χ1v) is 2.46. The lowest BCUT2D eigenvalue weighted by Gasteiger charge is -2.08. The molecule has 0 nitrogen and oxygen atoms in total. The Labute approximate surface area is 45.7 Å². The lowest BCUT2D eigenvalue weighted by atomic mass is 10.3. The van der Waals surface area contributed by atoms with Gasteiger partial charge in [-0.25, -0.2) is 13.2 Å². The minimum absolute atomic E-state index is 0.0903. The van der Waals surface area contributed by atoms with Crippen LogP contribution in [0.25, 0.3) is 0 Å². The molecule has 0 spiro atoms. The van der Waals surface area contributed by atoms with E-state index in [4.69, 9.17) is 0 Å². The molecule has 47 valence electrons. The molecule has 1 saturated carbocycles. The van der Waals surface area contributed by atoms with Crippen molar-refractivity contribution in [3.8, 4) is 0 Å². The zero-order valence-electron chi connectivity index (χ0n) is 4.20. The molecule has 0 aromatic rings. The maximum atomic E-state index is 11.9. The van der Waals surface area contributed by atoms with Gasteiger partial charge in [0.15, 0.2) is 6.17 Å². The maximum absolute atomic E-state index is 11.9. The second kappa shape index (κ2) is 1.64. The van der Waals surface area contributed by atoms with E-state index < -0.39 is 18.5 Å². The summed E-state index contributed by atoms with van der Waals surface area (Å²) in [5.74, 6) is -3.07. The van der Waals surface area contributed by atoms with E-state index >= 15 is 0 Å². The van der Waals surface area contributed by atoms with Crippen molar-refractivity contribution in [2.75, 3.05) is 0 Å². The van der Waals surface area contributed by atoms with Crippen LogP contribution in [0.3, 0.4) is 0 Å². The Morgan fingerprint density at radius 2 is 2.12 bits per heavy atom. The number of alkyl halides is 3. The highest BCUT2D eigenvalue weighted by Gasteiger charge is 2.44. The molecule has 0 aromatic heterocycles. The Morgan fingerprint density at radius 3 is 2.25 bits per heavy atom. The van der Waals surface area contributed by atoms with E-state index in [-0.39, 0.29) is 6.42 Å². The molecule has 3 heteroatoms. The van der Waals surface area contributed by atoms with Crippen LogP contribution >= 0.6 is 0 Å². The first-order valence-electron chi connectivity index (χ1n) is 2.46. The molecule has 1 aliphatic carbocycles. The second-order valence-electron chi connectivity index (χ2n) is 1.96. The van der Waals surface area contributed by atoms with Gasteiger partial charge in [-0.05, 0) is 12.8 Å². The third-order valence-corrected chi connectivity index (χ3v) is 1.25. The molecule has 0 saturated heterocycles. The molecule has 0 bridgehead atoms. The first-order chi connectivity index (χ1) is 3.63. The smallest absolute Gasteiger partial charge is 0.241 e. The van der Waals surface area contributed by atoms with Crippen molar-refractivity contribution in [2.45, 2.75) is 24.9 Å². The third-order valence-electron chi connectivity index (χ3n) is 1.25. The highest BCUT2D eigenvalue weighted by Crippen LogP contribution is 2.36. The summed E-state index contributed by atoms with van der Waals surface area (Å²) < 4.78 is 35.8. The van der Waals surface area contributed by atoms with E-state index in [1.807, 2.05) is 0 Å². The molecule has 0 aliphatic heterocycles. The monoisotopic (exact) mass is 123 g/mol. The topological polar surface area (TPSA) is 0 Å². The Bertz CT molecular complexity index is 89.7. The zero-order valence-corrected chi connectivity index (χ0v) is 4.20. The molecule has 8 heavy (non-hydrogen) atoms. The van der Waals surface area contributed by atoms with E-state index in [0.717, 1.165) is 0 Å². The standard InChI is InChI=1S/C5H6F3/c6-4-2-1-3-5(4,7)8/h1,4H,2-3H2. The van der Waals surface area contributed by atoms with Crippen LogP contribution in [0.2, 0.25) is 0 Å². The van der Waals surface area contributed by atoms with Crippen LogP contribution in [0, 0.1) is 6.42 Å². The third kappa shape index (κ3) is 0.812. The summed E-state index contributed by atoms with van der Waals surface area (Å²) in [5.41, 5.74) is 0. The fourth-order valence-corrected chi connectivity index (χ4v) is 0.722. The van der Waals surface area contributed by atoms with Crippen molar-refractivity contribution in [1.82, 2.24) is 0 Å². The van der Waals surface area contributed by atoms with Crippen molar-refractivity contribution in [1.29, 1.82) is 0 Å². The summed E-state index contributed by atoms with van der Waals surface area (Å²) in [7, 11) is 0. The van der Waals surface area contributed by atoms with Crippen molar-refractivity contribution < 1.29 is 13.2 Å². The molecular weight excluding hydrogens is 117 g/mol. The van der Waals surface area contributed by atoms with E-state index in [2.05, 4.69) is 0 Å². The average Bonchev–Trinajstić information content (AvgIpc) is 1.86. The van der Waals surface area contributed by atoms with Crippen molar-refractivity contribution >= 4 is 0 Å². The Morgan fingerprint density at radius 1 is 1.50 bits per heavy atom. The van der Waals surface area contributed by atoms with E-state index in [1.165, 1.54) is 6.42 Å². The lowest BCUT2D eigenvalue weighted by Crippen LogP contribution is -2.22. The fraction of sp³-hybridized carbons (Fsp3) is 0.800. The van der Waals surface area contributed by atoms with Gasteiger partial charge < -0.3 is 0 Å². The van der Waals surface area contributed by atoms with E-state index in [9.17, 15) is 13.2 Å². The van der Waals surface area contributed by atoms with Crippen LogP contribution in [0.4, 0.5) is 13.2 Å². The van der Waals surface area contributed by atoms with Crippen LogP contribution in [0.1, 0.15) is 12.8 Å². The van der Waals surface area contributed by atoms with Gasteiger partial charge in [0.05, 0.1) is 0 Å². The molecule has 1 aliphatic rings. The highest BCUT2D eigenvalue weighted by molar-refractivity contribution is 4.94. The van der Waals surface area contributed by atoms with Gasteiger partial charge in [0, 0.05) is 6.42 Å². The van der Waals surface area contributed by atoms with Gasteiger partial charge in [-0.3, -0.25) is 0 Å². The summed E-state index contributed by atoms with van der Waals surface area (Å²) in [6.07, 6.45) is -1.13. The quantitative estimate of drug-likeness (QED) is 0.462. The van der Waals surface area contributed by atoms with Crippen LogP contribution < -0.4 is 0 Å². The first kappa shape index (κ1) is 5.92. The Kier molecular flexibility index (Phi) is 1.21. The molecule has 1 rings (SSSR count). The molecule has 1 fully saturated rings. The van der Waals surface area contributed by atoms with Crippen LogP contribution in [0.5, 0.6) is 0 Å². The van der Waals surface area contributed by atoms with Gasteiger partial charge in [-0.2, -0.15) is 0 Å². The zero-order chi connectivity index (χ0) is 6.20. The largest absolute Gasteiger partial charge is 0.278 e. The number of hydrogen-bond acceptors (Lipinski definition) is 0. The van der Waals surface area contributed by atoms with Crippen LogP contribution in [0.15, 0.2) is 0 Å². The number of rotatable bonds is 0. The molecule has 0 amide bonds. The summed E-state index contributed by atoms with van der Waals surface area (Å²) in [5, 5.41) is 0. The lowest BCUT2D eigenvalue weighted by molar-refractivity contribution is -0.0491. The predicted octanol–water partition coefficient (Wildman–Crippen LogP) is 1.96. The van der Waals surface area contributed by atoms with Crippen LogP contribution in [-0.2, 0) is 0 Å². The van der Waals surface area contributed by atoms with Crippen molar-refractivity contribution in [3.63, 3.8) is 0 Å². The van der Waals surface area contributed by atoms with Crippen molar-refractivity contribution in [3.05, 3.63) is 6.42 Å². The SMILES string of the molecule is FC1C[CH]CC1(F)F. The minimum atomic E-state index is -3.07. The highest BCUT2D eigenvalue weighted by atomic mass is 19.3. The molecule has 0 heterocycles. The van der Waals surface area contributed by atoms with Gasteiger partial charge in [-0.15, -0.1) is 0 Å². The summed E-state index contributed by atoms with van der Waals surface area (Å²) in [4.78, 5) is 0. The Balaban J connectivity index is 2.54. The number of halogens is 3. The molecule has 0 aromatic carbocycles. The minimum Gasteiger partial charge on any atom is -0.241 e. The van der Waals surface area contributed by atoms with E-state index in [0.29, 0.717) is 0 Å². The van der Waals surface area contributed by atoms with Gasteiger partial charge in [0.1, 0.15) is 0 Å². The maximum Gasteiger partial charge on any atom is 0.278 e. The van der Waals surface area contributed by atoms with Gasteiger partial charge in [-0.1, -0.05) is 0 Å². The molecule has 0 N–H and O–H groups in total. The molecule has 1 radical (unpaired) electrons. The van der Waals surface area contributed by atoms with Gasteiger partial charge >= 0.3 is 0 Å². The average molecular weight is 123 g/mol. The van der Waals surface area contributed by atoms with Crippen LogP contribution in [-0.4, -0.2) is 12.1 Å². The van der Waals surface area contributed by atoms with Gasteiger partial charge in [0.2, 0.25) is 0 Å². The summed E-state index contributed by atoms with van der Waals surface area (Å²) >= 11 is 0. The van der Waals surface area contributed by atoms with E-state index in [1.54, 1.807) is 0 Å². The molecule has 1 unspecified atom stereocenters. The summed E-state index contributed by atoms with van der Waals surface area (Å²) in [6, 6.07) is 0. The fourth-order valence-electron chi connectivity index (χ4n) is 0.722. The predicted molar refractivity (Wildman–Crippen MR) is 23.4 cm³/mol. The number of hydrogen-bond donors (Lipinski definition) is 0. The normalized spacial score (nSPS) is 35.6. The Hall–Kier alpha value is -0.210. The van der Waals surface area contributed by atoms with Crippen molar-refractivity contribution in [2.24, 2.45) is 0 Å². The summed E-state index contributed by atoms with van der Waals surface area (Å²) in [6.45, 7) is 0.